The van der Waals surface area contributed by atoms with Gasteiger partial charge in [-0.2, -0.15) is 0 Å². The number of nitrogens with one attached hydrogen (secondary N) is 2. The molecule has 1 saturated heterocycles. The topological polar surface area (TPSA) is 80.3 Å². The zero-order valence-electron chi connectivity index (χ0n) is 10.1. The van der Waals surface area contributed by atoms with Crippen molar-refractivity contribution in [3.63, 3.8) is 0 Å². The number of carbonyl (C=O) groups excluding carboxylic acids is 2. The molecule has 2 amide bonds. The van der Waals surface area contributed by atoms with Crippen LogP contribution in [-0.4, -0.2) is 36.6 Å². The molecule has 1 aromatic heterocycles. The monoisotopic (exact) mass is 269 g/mol. The number of amides is 2. The van der Waals surface area contributed by atoms with Crippen LogP contribution in [0.4, 0.5) is 5.13 Å². The SMILES string of the molecule is CC(=O)Nc1nc(C(=O)NC[C@@H]2CCOC2)cs1. The van der Waals surface area contributed by atoms with Crippen LogP contribution in [0, 0.1) is 5.92 Å². The molecule has 0 aromatic carbocycles. The Morgan fingerprint density at radius 2 is 2.44 bits per heavy atom. The molecule has 7 heteroatoms. The van der Waals surface area contributed by atoms with Crippen molar-refractivity contribution in [2.24, 2.45) is 5.92 Å². The second-order valence-electron chi connectivity index (χ2n) is 4.16. The number of thiazole rings is 1. The van der Waals surface area contributed by atoms with E-state index in [1.165, 1.54) is 18.3 Å². The number of ether oxygens (including phenoxy) is 1. The van der Waals surface area contributed by atoms with Crippen molar-refractivity contribution in [2.75, 3.05) is 25.1 Å². The van der Waals surface area contributed by atoms with Crippen LogP contribution in [0.3, 0.4) is 0 Å². The quantitative estimate of drug-likeness (QED) is 0.850. The molecule has 0 radical (unpaired) electrons. The highest BCUT2D eigenvalue weighted by atomic mass is 32.1. The standard InChI is InChI=1S/C11H15N3O3S/c1-7(15)13-11-14-9(6-18-11)10(16)12-4-8-2-3-17-5-8/h6,8H,2-5H2,1H3,(H,12,16)(H,13,14,15)/t8-/m0/s1. The molecular weight excluding hydrogens is 254 g/mol. The molecule has 6 nitrogen and oxygen atoms in total. The van der Waals surface area contributed by atoms with Crippen molar-refractivity contribution in [3.05, 3.63) is 11.1 Å². The van der Waals surface area contributed by atoms with E-state index in [-0.39, 0.29) is 11.8 Å². The van der Waals surface area contributed by atoms with Gasteiger partial charge < -0.3 is 15.4 Å². The number of rotatable bonds is 4. The molecule has 18 heavy (non-hydrogen) atoms. The number of hydrogen-bond acceptors (Lipinski definition) is 5. The molecule has 1 aliphatic heterocycles. The fourth-order valence-electron chi connectivity index (χ4n) is 1.66. The zero-order valence-corrected chi connectivity index (χ0v) is 10.9. The number of carbonyl (C=O) groups is 2. The van der Waals surface area contributed by atoms with E-state index in [9.17, 15) is 9.59 Å². The van der Waals surface area contributed by atoms with E-state index in [1.807, 2.05) is 0 Å². The molecule has 98 valence electrons. The smallest absolute Gasteiger partial charge is 0.270 e. The van der Waals surface area contributed by atoms with Crippen LogP contribution in [0.25, 0.3) is 0 Å². The summed E-state index contributed by atoms with van der Waals surface area (Å²) >= 11 is 1.24. The average Bonchev–Trinajstić information content (AvgIpc) is 2.95. The Labute approximate surface area is 109 Å². The predicted molar refractivity (Wildman–Crippen MR) is 67.7 cm³/mol. The highest BCUT2D eigenvalue weighted by molar-refractivity contribution is 7.14. The molecule has 0 unspecified atom stereocenters. The molecule has 1 aliphatic rings. The van der Waals surface area contributed by atoms with Crippen molar-refractivity contribution in [3.8, 4) is 0 Å². The Balaban J connectivity index is 1.84. The summed E-state index contributed by atoms with van der Waals surface area (Å²) in [6.45, 7) is 3.48. The van der Waals surface area contributed by atoms with Crippen LogP contribution in [0.15, 0.2) is 5.38 Å². The molecule has 0 spiro atoms. The Morgan fingerprint density at radius 3 is 3.11 bits per heavy atom. The van der Waals surface area contributed by atoms with Crippen LogP contribution in [-0.2, 0) is 9.53 Å². The summed E-state index contributed by atoms with van der Waals surface area (Å²) in [6.07, 6.45) is 0.981. The maximum absolute atomic E-state index is 11.8. The molecular formula is C11H15N3O3S. The van der Waals surface area contributed by atoms with Gasteiger partial charge in [0.15, 0.2) is 5.13 Å². The Bertz CT molecular complexity index is 440. The third-order valence-electron chi connectivity index (χ3n) is 2.60. The van der Waals surface area contributed by atoms with E-state index >= 15 is 0 Å². The molecule has 0 bridgehead atoms. The molecule has 2 N–H and O–H groups in total. The van der Waals surface area contributed by atoms with E-state index in [4.69, 9.17) is 4.74 Å². The van der Waals surface area contributed by atoms with Gasteiger partial charge in [0.2, 0.25) is 5.91 Å². The van der Waals surface area contributed by atoms with Gasteiger partial charge in [-0.25, -0.2) is 4.98 Å². The highest BCUT2D eigenvalue weighted by Crippen LogP contribution is 2.15. The van der Waals surface area contributed by atoms with Crippen LogP contribution < -0.4 is 10.6 Å². The number of aromatic nitrogens is 1. The van der Waals surface area contributed by atoms with Crippen LogP contribution >= 0.6 is 11.3 Å². The van der Waals surface area contributed by atoms with Gasteiger partial charge in [-0.05, 0) is 6.42 Å². The van der Waals surface area contributed by atoms with Gasteiger partial charge in [-0.15, -0.1) is 11.3 Å². The van der Waals surface area contributed by atoms with E-state index in [2.05, 4.69) is 15.6 Å². The Hall–Kier alpha value is -1.47. The summed E-state index contributed by atoms with van der Waals surface area (Å²) in [5.41, 5.74) is 0.336. The lowest BCUT2D eigenvalue weighted by atomic mass is 10.1. The first-order valence-electron chi connectivity index (χ1n) is 5.74. The normalized spacial score (nSPS) is 18.6. The first kappa shape index (κ1) is 13.0. The van der Waals surface area contributed by atoms with E-state index in [0.29, 0.717) is 29.9 Å². The summed E-state index contributed by atoms with van der Waals surface area (Å²) in [5, 5.41) is 7.44. The van der Waals surface area contributed by atoms with E-state index in [1.54, 1.807) is 5.38 Å². The Morgan fingerprint density at radius 1 is 1.61 bits per heavy atom. The maximum atomic E-state index is 11.8. The fourth-order valence-corrected chi connectivity index (χ4v) is 2.39. The molecule has 1 aromatic rings. The number of hydrogen-bond donors (Lipinski definition) is 2. The third-order valence-corrected chi connectivity index (χ3v) is 3.35. The Kier molecular flexibility index (Phi) is 4.27. The van der Waals surface area contributed by atoms with Crippen LogP contribution in [0.5, 0.6) is 0 Å². The number of anilines is 1. The van der Waals surface area contributed by atoms with Crippen molar-refractivity contribution in [1.82, 2.24) is 10.3 Å². The lowest BCUT2D eigenvalue weighted by Crippen LogP contribution is -2.29. The highest BCUT2D eigenvalue weighted by Gasteiger charge is 2.17. The molecule has 2 rings (SSSR count). The molecule has 1 fully saturated rings. The molecule has 1 atom stereocenters. The summed E-state index contributed by atoms with van der Waals surface area (Å²) in [6, 6.07) is 0. The van der Waals surface area contributed by atoms with Crippen molar-refractivity contribution in [1.29, 1.82) is 0 Å². The largest absolute Gasteiger partial charge is 0.381 e. The summed E-state index contributed by atoms with van der Waals surface area (Å²) in [4.78, 5) is 26.7. The van der Waals surface area contributed by atoms with Gasteiger partial charge in [0.05, 0.1) is 6.61 Å². The molecule has 0 saturated carbocycles. The van der Waals surface area contributed by atoms with Gasteiger partial charge in [0.1, 0.15) is 5.69 Å². The first-order chi connectivity index (χ1) is 8.65. The van der Waals surface area contributed by atoms with Crippen LogP contribution in [0.2, 0.25) is 0 Å². The van der Waals surface area contributed by atoms with Gasteiger partial charge in [-0.3, -0.25) is 9.59 Å². The average molecular weight is 269 g/mol. The van der Waals surface area contributed by atoms with Crippen molar-refractivity contribution in [2.45, 2.75) is 13.3 Å². The first-order valence-corrected chi connectivity index (χ1v) is 6.62. The fraction of sp³-hybridized carbons (Fsp3) is 0.545. The predicted octanol–water partition coefficient (Wildman–Crippen LogP) is 0.868. The summed E-state index contributed by atoms with van der Waals surface area (Å²) in [5.74, 6) is -0.0171. The second kappa shape index (κ2) is 5.92. The zero-order chi connectivity index (χ0) is 13.0. The lowest BCUT2D eigenvalue weighted by molar-refractivity contribution is -0.114. The van der Waals surface area contributed by atoms with Crippen molar-refractivity contribution < 1.29 is 14.3 Å². The minimum Gasteiger partial charge on any atom is -0.381 e. The summed E-state index contributed by atoms with van der Waals surface area (Å²) in [7, 11) is 0. The molecule has 2 heterocycles. The van der Waals surface area contributed by atoms with E-state index in [0.717, 1.165) is 13.0 Å². The maximum Gasteiger partial charge on any atom is 0.270 e. The van der Waals surface area contributed by atoms with Gasteiger partial charge in [0.25, 0.3) is 5.91 Å². The van der Waals surface area contributed by atoms with Gasteiger partial charge in [-0.1, -0.05) is 0 Å². The summed E-state index contributed by atoms with van der Waals surface area (Å²) < 4.78 is 5.23. The van der Waals surface area contributed by atoms with Crippen LogP contribution in [0.1, 0.15) is 23.8 Å². The molecule has 0 aliphatic carbocycles. The third kappa shape index (κ3) is 3.51. The minimum absolute atomic E-state index is 0.195. The van der Waals surface area contributed by atoms with Gasteiger partial charge in [0, 0.05) is 31.4 Å². The van der Waals surface area contributed by atoms with Crippen molar-refractivity contribution >= 4 is 28.3 Å². The second-order valence-corrected chi connectivity index (χ2v) is 5.02. The minimum atomic E-state index is -0.213. The number of nitrogens with zero attached hydrogens (tertiary/aromatic N) is 1. The lowest BCUT2D eigenvalue weighted by Gasteiger charge is -2.07. The van der Waals surface area contributed by atoms with E-state index < -0.39 is 0 Å². The van der Waals surface area contributed by atoms with Gasteiger partial charge >= 0.3 is 0 Å².